The highest BCUT2D eigenvalue weighted by molar-refractivity contribution is 6.08. The Hall–Kier alpha value is -3.08. The highest BCUT2D eigenvalue weighted by atomic mass is 16.3. The Kier molecular flexibility index (Phi) is 3.62. The number of benzene rings is 2. The number of aromatic hydroxyl groups is 1. The molecular weight excluding hydrogens is 280 g/mol. The SMILES string of the molecule is O=C(NCc1ccccc1)c1c(O)c(=O)[nH]c2ccccc12. The number of fused-ring (bicyclic) bond motifs is 1. The van der Waals surface area contributed by atoms with Crippen molar-refractivity contribution in [2.75, 3.05) is 0 Å². The summed E-state index contributed by atoms with van der Waals surface area (Å²) in [5.41, 5.74) is 0.762. The van der Waals surface area contributed by atoms with Crippen LogP contribution in [0.2, 0.25) is 0 Å². The summed E-state index contributed by atoms with van der Waals surface area (Å²) < 4.78 is 0. The Labute approximate surface area is 126 Å². The van der Waals surface area contributed by atoms with Crippen molar-refractivity contribution >= 4 is 16.8 Å². The largest absolute Gasteiger partial charge is 0.502 e. The van der Waals surface area contributed by atoms with Crippen LogP contribution in [-0.4, -0.2) is 16.0 Å². The van der Waals surface area contributed by atoms with E-state index in [4.69, 9.17) is 0 Å². The summed E-state index contributed by atoms with van der Waals surface area (Å²) in [5.74, 6) is -1.05. The third kappa shape index (κ3) is 2.56. The number of nitrogens with one attached hydrogen (secondary N) is 2. The summed E-state index contributed by atoms with van der Waals surface area (Å²) in [4.78, 5) is 26.7. The van der Waals surface area contributed by atoms with Crippen molar-refractivity contribution in [2.24, 2.45) is 0 Å². The first-order chi connectivity index (χ1) is 10.7. The molecule has 3 rings (SSSR count). The molecule has 0 unspecified atom stereocenters. The first kappa shape index (κ1) is 13.9. The van der Waals surface area contributed by atoms with E-state index in [0.717, 1.165) is 5.56 Å². The molecule has 1 aromatic heterocycles. The van der Waals surface area contributed by atoms with E-state index in [2.05, 4.69) is 10.3 Å². The minimum Gasteiger partial charge on any atom is -0.502 e. The van der Waals surface area contributed by atoms with Gasteiger partial charge in [-0.2, -0.15) is 0 Å². The van der Waals surface area contributed by atoms with Gasteiger partial charge in [-0.15, -0.1) is 0 Å². The number of aromatic amines is 1. The average molecular weight is 294 g/mol. The molecule has 0 saturated heterocycles. The Bertz CT molecular complexity index is 885. The molecule has 0 bridgehead atoms. The molecule has 2 aromatic carbocycles. The summed E-state index contributed by atoms with van der Waals surface area (Å²) in [5, 5.41) is 13.2. The minimum absolute atomic E-state index is 0.00437. The molecule has 0 atom stereocenters. The molecule has 22 heavy (non-hydrogen) atoms. The van der Waals surface area contributed by atoms with Crippen LogP contribution in [-0.2, 0) is 6.54 Å². The number of carbonyl (C=O) groups is 1. The zero-order chi connectivity index (χ0) is 15.5. The number of H-pyrrole nitrogens is 1. The van der Waals surface area contributed by atoms with Crippen molar-refractivity contribution in [2.45, 2.75) is 6.54 Å². The lowest BCUT2D eigenvalue weighted by atomic mass is 10.1. The number of pyridine rings is 1. The molecule has 110 valence electrons. The van der Waals surface area contributed by atoms with Crippen molar-refractivity contribution in [1.82, 2.24) is 10.3 Å². The molecule has 0 aliphatic carbocycles. The Balaban J connectivity index is 1.97. The van der Waals surface area contributed by atoms with Gasteiger partial charge in [0, 0.05) is 17.4 Å². The van der Waals surface area contributed by atoms with Gasteiger partial charge in [0.05, 0.1) is 5.56 Å². The molecule has 1 amide bonds. The van der Waals surface area contributed by atoms with Gasteiger partial charge in [-0.25, -0.2) is 0 Å². The number of para-hydroxylation sites is 1. The number of hydrogen-bond acceptors (Lipinski definition) is 3. The second kappa shape index (κ2) is 5.73. The molecule has 3 aromatic rings. The number of amides is 1. The second-order valence-corrected chi connectivity index (χ2v) is 4.89. The number of carbonyl (C=O) groups excluding carboxylic acids is 1. The number of hydrogen-bond donors (Lipinski definition) is 3. The molecule has 1 heterocycles. The van der Waals surface area contributed by atoms with Gasteiger partial charge in [-0.1, -0.05) is 48.5 Å². The fraction of sp³-hybridized carbons (Fsp3) is 0.0588. The van der Waals surface area contributed by atoms with Crippen LogP contribution in [0.25, 0.3) is 10.9 Å². The summed E-state index contributed by atoms with van der Waals surface area (Å²) in [7, 11) is 0. The van der Waals surface area contributed by atoms with Crippen LogP contribution in [0.5, 0.6) is 5.75 Å². The standard InChI is InChI=1S/C17H14N2O3/c20-15-14(12-8-4-5-9-13(12)19-17(15)22)16(21)18-10-11-6-2-1-3-7-11/h1-9,20H,10H2,(H,18,21)(H,19,22). The lowest BCUT2D eigenvalue weighted by molar-refractivity contribution is 0.0949. The average Bonchev–Trinajstić information content (AvgIpc) is 2.55. The third-order valence-electron chi connectivity index (χ3n) is 3.42. The fourth-order valence-corrected chi connectivity index (χ4v) is 2.33. The van der Waals surface area contributed by atoms with Gasteiger partial charge < -0.3 is 15.4 Å². The zero-order valence-corrected chi connectivity index (χ0v) is 11.7. The van der Waals surface area contributed by atoms with E-state index in [-0.39, 0.29) is 5.56 Å². The van der Waals surface area contributed by atoms with Crippen LogP contribution in [0.3, 0.4) is 0 Å². The molecule has 3 N–H and O–H groups in total. The maximum atomic E-state index is 12.4. The Morgan fingerprint density at radius 1 is 1.05 bits per heavy atom. The predicted octanol–water partition coefficient (Wildman–Crippen LogP) is 2.16. The lowest BCUT2D eigenvalue weighted by Crippen LogP contribution is -2.25. The van der Waals surface area contributed by atoms with Gasteiger partial charge in [0.15, 0.2) is 5.75 Å². The van der Waals surface area contributed by atoms with Crippen molar-refractivity contribution in [3.8, 4) is 5.75 Å². The maximum absolute atomic E-state index is 12.4. The van der Waals surface area contributed by atoms with E-state index in [9.17, 15) is 14.7 Å². The first-order valence-corrected chi connectivity index (χ1v) is 6.83. The molecule has 0 aliphatic heterocycles. The fourth-order valence-electron chi connectivity index (χ4n) is 2.33. The summed E-state index contributed by atoms with van der Waals surface area (Å²) in [6.07, 6.45) is 0. The second-order valence-electron chi connectivity index (χ2n) is 4.89. The van der Waals surface area contributed by atoms with Gasteiger partial charge >= 0.3 is 0 Å². The van der Waals surface area contributed by atoms with Gasteiger partial charge in [0.25, 0.3) is 11.5 Å². The molecule has 0 spiro atoms. The highest BCUT2D eigenvalue weighted by Gasteiger charge is 2.18. The van der Waals surface area contributed by atoms with E-state index in [1.54, 1.807) is 24.3 Å². The van der Waals surface area contributed by atoms with E-state index in [1.165, 1.54) is 0 Å². The van der Waals surface area contributed by atoms with Crippen molar-refractivity contribution in [3.63, 3.8) is 0 Å². The first-order valence-electron chi connectivity index (χ1n) is 6.83. The van der Waals surface area contributed by atoms with Crippen LogP contribution < -0.4 is 10.9 Å². The Morgan fingerprint density at radius 3 is 2.50 bits per heavy atom. The van der Waals surface area contributed by atoms with Gasteiger partial charge in [0.2, 0.25) is 0 Å². The molecular formula is C17H14N2O3. The predicted molar refractivity (Wildman–Crippen MR) is 83.8 cm³/mol. The van der Waals surface area contributed by atoms with Gasteiger partial charge in [0.1, 0.15) is 0 Å². The van der Waals surface area contributed by atoms with E-state index in [0.29, 0.717) is 17.4 Å². The maximum Gasteiger partial charge on any atom is 0.291 e. The summed E-state index contributed by atoms with van der Waals surface area (Å²) in [6, 6.07) is 16.3. The van der Waals surface area contributed by atoms with Crippen LogP contribution in [0, 0.1) is 0 Å². The van der Waals surface area contributed by atoms with Crippen LogP contribution >= 0.6 is 0 Å². The topological polar surface area (TPSA) is 82.2 Å². The van der Waals surface area contributed by atoms with Crippen molar-refractivity contribution in [3.05, 3.63) is 76.1 Å². The Morgan fingerprint density at radius 2 is 1.73 bits per heavy atom. The van der Waals surface area contributed by atoms with Gasteiger partial charge in [-0.3, -0.25) is 9.59 Å². The summed E-state index contributed by atoms with van der Waals surface area (Å²) >= 11 is 0. The van der Waals surface area contributed by atoms with Gasteiger partial charge in [-0.05, 0) is 11.6 Å². The molecule has 0 aliphatic rings. The quantitative estimate of drug-likeness (QED) is 0.692. The van der Waals surface area contributed by atoms with E-state index < -0.39 is 17.2 Å². The zero-order valence-electron chi connectivity index (χ0n) is 11.7. The minimum atomic E-state index is -0.677. The van der Waals surface area contributed by atoms with Crippen LogP contribution in [0.1, 0.15) is 15.9 Å². The number of rotatable bonds is 3. The molecule has 5 heteroatoms. The smallest absolute Gasteiger partial charge is 0.291 e. The van der Waals surface area contributed by atoms with Crippen LogP contribution in [0.15, 0.2) is 59.4 Å². The number of aromatic nitrogens is 1. The van der Waals surface area contributed by atoms with E-state index >= 15 is 0 Å². The monoisotopic (exact) mass is 294 g/mol. The summed E-state index contributed by atoms with van der Waals surface area (Å²) in [6.45, 7) is 0.320. The highest BCUT2D eigenvalue weighted by Crippen LogP contribution is 2.21. The molecule has 5 nitrogen and oxygen atoms in total. The molecule has 0 fully saturated rings. The van der Waals surface area contributed by atoms with Crippen molar-refractivity contribution in [1.29, 1.82) is 0 Å². The normalized spacial score (nSPS) is 10.5. The lowest BCUT2D eigenvalue weighted by Gasteiger charge is -2.09. The molecule has 0 radical (unpaired) electrons. The van der Waals surface area contributed by atoms with Crippen LogP contribution in [0.4, 0.5) is 0 Å². The third-order valence-corrected chi connectivity index (χ3v) is 3.42. The van der Waals surface area contributed by atoms with E-state index in [1.807, 2.05) is 30.3 Å². The molecule has 0 saturated carbocycles. The van der Waals surface area contributed by atoms with Crippen molar-refractivity contribution < 1.29 is 9.90 Å².